The molecule has 11 nitrogen and oxygen atoms in total. The molecule has 1 aliphatic carbocycles. The van der Waals surface area contributed by atoms with Gasteiger partial charge in [0.1, 0.15) is 12.2 Å². The van der Waals surface area contributed by atoms with Crippen molar-refractivity contribution in [3.63, 3.8) is 0 Å². The maximum absolute atomic E-state index is 12.7. The standard InChI is InChI=1S/C30H44N2O9/c1-17-12-20-15-21(16-23(34)28(20)40-6)32-29(36)22(33)10-8-7-9-11-24(38-4)27(41-30(31)37)19(3)14-18(2)26(35)25(13-17)39-5/h7-8,14,16-17,19,24-27,35H,9-13,15H2,1-6H3,(H2,31,37)(H,32,36)/b8-7+,18-14+/t17-,19-,24+,25+,26-,27+/m1/s1. The molecule has 41 heavy (non-hydrogen) atoms. The lowest BCUT2D eigenvalue weighted by Crippen LogP contribution is -2.39. The number of carbonyl (C=O) groups is 4. The van der Waals surface area contributed by atoms with Gasteiger partial charge < -0.3 is 35.1 Å². The number of aliphatic hydroxyl groups is 1. The van der Waals surface area contributed by atoms with E-state index in [0.29, 0.717) is 42.5 Å². The molecule has 0 saturated heterocycles. The molecular formula is C30H44N2O9. The van der Waals surface area contributed by atoms with Gasteiger partial charge in [0, 0.05) is 44.8 Å². The highest BCUT2D eigenvalue weighted by molar-refractivity contribution is 6.37. The minimum Gasteiger partial charge on any atom is -0.493 e. The second-order valence-corrected chi connectivity index (χ2v) is 10.7. The van der Waals surface area contributed by atoms with Gasteiger partial charge in [-0.3, -0.25) is 14.4 Å². The lowest BCUT2D eigenvalue weighted by molar-refractivity contribution is -0.137. The first-order chi connectivity index (χ1) is 19.4. The molecule has 228 valence electrons. The molecule has 4 N–H and O–H groups in total. The van der Waals surface area contributed by atoms with E-state index in [1.165, 1.54) is 27.4 Å². The predicted octanol–water partition coefficient (Wildman–Crippen LogP) is 3.02. The van der Waals surface area contributed by atoms with Crippen LogP contribution < -0.4 is 11.1 Å². The zero-order valence-corrected chi connectivity index (χ0v) is 24.8. The van der Waals surface area contributed by atoms with Gasteiger partial charge >= 0.3 is 6.09 Å². The van der Waals surface area contributed by atoms with E-state index in [9.17, 15) is 24.3 Å². The van der Waals surface area contributed by atoms with Gasteiger partial charge in [0.25, 0.3) is 5.91 Å². The fraction of sp³-hybridized carbons (Fsp3) is 0.600. The molecule has 0 radical (unpaired) electrons. The second-order valence-electron chi connectivity index (χ2n) is 10.7. The maximum atomic E-state index is 12.7. The van der Waals surface area contributed by atoms with Crippen LogP contribution >= 0.6 is 0 Å². The van der Waals surface area contributed by atoms with E-state index in [0.717, 1.165) is 0 Å². The minimum atomic E-state index is -0.957. The van der Waals surface area contributed by atoms with Crippen molar-refractivity contribution in [2.45, 2.75) is 83.7 Å². The fourth-order valence-corrected chi connectivity index (χ4v) is 5.35. The van der Waals surface area contributed by atoms with E-state index in [-0.39, 0.29) is 30.4 Å². The largest absolute Gasteiger partial charge is 0.493 e. The summed E-state index contributed by atoms with van der Waals surface area (Å²) < 4.78 is 22.1. The number of methoxy groups -OCH3 is 3. The number of nitrogens with two attached hydrogens (primary N) is 1. The van der Waals surface area contributed by atoms with Crippen LogP contribution in [0.4, 0.5) is 4.79 Å². The predicted molar refractivity (Wildman–Crippen MR) is 151 cm³/mol. The van der Waals surface area contributed by atoms with Crippen molar-refractivity contribution in [1.82, 2.24) is 5.32 Å². The van der Waals surface area contributed by atoms with Crippen LogP contribution in [-0.4, -0.2) is 74.4 Å². The van der Waals surface area contributed by atoms with Crippen LogP contribution in [0.2, 0.25) is 0 Å². The summed E-state index contributed by atoms with van der Waals surface area (Å²) in [7, 11) is 4.43. The SMILES string of the molecule is COC1=C2CC(=CC1=O)NC(=O)C(=O)C/C=C/CC[C@H](OC)[C@@H](OC(N)=O)[C@H](C)/C=C(\C)[C@@H](O)[C@@H](OC)C[C@H](C)C2. The number of hydrogen-bond acceptors (Lipinski definition) is 9. The number of ketones is 2. The van der Waals surface area contributed by atoms with Crippen LogP contribution in [0, 0.1) is 11.8 Å². The molecule has 0 fully saturated rings. The van der Waals surface area contributed by atoms with Crippen LogP contribution in [0.25, 0.3) is 0 Å². The zero-order chi connectivity index (χ0) is 30.7. The van der Waals surface area contributed by atoms with Crippen molar-refractivity contribution in [1.29, 1.82) is 0 Å². The lowest BCUT2D eigenvalue weighted by Gasteiger charge is -2.30. The number of rotatable bonds is 4. The maximum Gasteiger partial charge on any atom is 0.404 e. The van der Waals surface area contributed by atoms with E-state index in [1.807, 2.05) is 19.9 Å². The third-order valence-electron chi connectivity index (χ3n) is 7.39. The first kappa shape index (κ1) is 33.9. The molecule has 1 heterocycles. The summed E-state index contributed by atoms with van der Waals surface area (Å²) in [6, 6.07) is 0. The van der Waals surface area contributed by atoms with E-state index >= 15 is 0 Å². The number of Topliss-reactive ketones (excluding diaryl/α,β-unsaturated/α-hetero) is 1. The summed E-state index contributed by atoms with van der Waals surface area (Å²) in [5, 5.41) is 13.8. The van der Waals surface area contributed by atoms with Crippen LogP contribution in [0.5, 0.6) is 0 Å². The Morgan fingerprint density at radius 3 is 2.37 bits per heavy atom. The van der Waals surface area contributed by atoms with Crippen molar-refractivity contribution >= 4 is 23.6 Å². The third kappa shape index (κ3) is 9.94. The van der Waals surface area contributed by atoms with Crippen molar-refractivity contribution in [3.8, 4) is 0 Å². The zero-order valence-electron chi connectivity index (χ0n) is 24.8. The monoisotopic (exact) mass is 576 g/mol. The van der Waals surface area contributed by atoms with Gasteiger partial charge in [0.15, 0.2) is 5.76 Å². The van der Waals surface area contributed by atoms with Gasteiger partial charge in [-0.15, -0.1) is 0 Å². The quantitative estimate of drug-likeness (QED) is 0.337. The number of ether oxygens (including phenoxy) is 4. The Kier molecular flexibility index (Phi) is 13.4. The number of fused-ring (bicyclic) bond motifs is 2. The Morgan fingerprint density at radius 2 is 1.76 bits per heavy atom. The molecule has 0 spiro atoms. The van der Waals surface area contributed by atoms with E-state index in [4.69, 9.17) is 24.7 Å². The smallest absolute Gasteiger partial charge is 0.404 e. The van der Waals surface area contributed by atoms with Crippen molar-refractivity contribution in [3.05, 3.63) is 46.9 Å². The second kappa shape index (κ2) is 16.2. The number of aliphatic hydroxyl groups excluding tert-OH is 1. The molecule has 0 saturated carbocycles. The highest BCUT2D eigenvalue weighted by atomic mass is 16.6. The molecule has 0 aromatic rings. The summed E-state index contributed by atoms with van der Waals surface area (Å²) in [6.45, 7) is 5.58. The Hall–Kier alpha value is -3.28. The van der Waals surface area contributed by atoms with E-state index in [1.54, 1.807) is 19.1 Å². The Bertz CT molecular complexity index is 1090. The number of primary amides is 1. The molecule has 2 bridgehead atoms. The van der Waals surface area contributed by atoms with Gasteiger partial charge in [0.05, 0.1) is 19.3 Å². The van der Waals surface area contributed by atoms with Crippen molar-refractivity contribution < 1.29 is 43.2 Å². The van der Waals surface area contributed by atoms with Gasteiger partial charge in [-0.05, 0) is 49.7 Å². The molecule has 2 rings (SSSR count). The molecule has 0 aromatic heterocycles. The summed E-state index contributed by atoms with van der Waals surface area (Å²) in [5.41, 5.74) is 6.99. The van der Waals surface area contributed by atoms with Crippen LogP contribution in [0.15, 0.2) is 46.9 Å². The van der Waals surface area contributed by atoms with Crippen LogP contribution in [0.3, 0.4) is 0 Å². The Labute approximate surface area is 241 Å². The molecular weight excluding hydrogens is 532 g/mol. The first-order valence-corrected chi connectivity index (χ1v) is 13.8. The van der Waals surface area contributed by atoms with Gasteiger partial charge in [-0.1, -0.05) is 32.1 Å². The topological polar surface area (TPSA) is 163 Å². The number of allylic oxidation sites excluding steroid dienone is 4. The number of hydrogen-bond donors (Lipinski definition) is 3. The van der Waals surface area contributed by atoms with E-state index in [2.05, 4.69) is 5.32 Å². The van der Waals surface area contributed by atoms with Gasteiger partial charge in [0.2, 0.25) is 11.6 Å². The molecule has 1 aliphatic heterocycles. The first-order valence-electron chi connectivity index (χ1n) is 13.8. The Morgan fingerprint density at radius 1 is 1.07 bits per heavy atom. The minimum absolute atomic E-state index is 0.0486. The highest BCUT2D eigenvalue weighted by Gasteiger charge is 2.31. The van der Waals surface area contributed by atoms with E-state index < -0.39 is 48.0 Å². The summed E-state index contributed by atoms with van der Waals surface area (Å²) >= 11 is 0. The molecule has 2 aliphatic rings. The molecule has 6 atom stereocenters. The number of carbonyl (C=O) groups excluding carboxylic acids is 4. The van der Waals surface area contributed by atoms with Gasteiger partial charge in [-0.25, -0.2) is 4.79 Å². The third-order valence-corrected chi connectivity index (χ3v) is 7.39. The average molecular weight is 577 g/mol. The number of nitrogens with one attached hydrogen (secondary N) is 1. The van der Waals surface area contributed by atoms with Gasteiger partial charge in [-0.2, -0.15) is 0 Å². The van der Waals surface area contributed by atoms with Crippen molar-refractivity contribution in [2.75, 3.05) is 21.3 Å². The molecule has 0 unspecified atom stereocenters. The van der Waals surface area contributed by atoms with Crippen LogP contribution in [-0.2, 0) is 33.3 Å². The average Bonchev–Trinajstić information content (AvgIpc) is 2.91. The fourth-order valence-electron chi connectivity index (χ4n) is 5.35. The Balaban J connectivity index is 2.43. The van der Waals surface area contributed by atoms with Crippen LogP contribution in [0.1, 0.15) is 59.3 Å². The summed E-state index contributed by atoms with van der Waals surface area (Å²) in [5.74, 6) is -2.06. The highest BCUT2D eigenvalue weighted by Crippen LogP contribution is 2.31. The molecule has 11 heteroatoms. The van der Waals surface area contributed by atoms with Crippen molar-refractivity contribution in [2.24, 2.45) is 17.6 Å². The molecule has 2 amide bonds. The molecule has 0 aromatic carbocycles. The lowest BCUT2D eigenvalue weighted by atomic mass is 9.86. The summed E-state index contributed by atoms with van der Waals surface area (Å²) in [6.07, 6.45) is 4.61. The summed E-state index contributed by atoms with van der Waals surface area (Å²) in [4.78, 5) is 49.5. The number of amides is 2. The normalized spacial score (nSPS) is 31.6.